The lowest BCUT2D eigenvalue weighted by molar-refractivity contribution is -0.384. The number of nitrogens with one attached hydrogen (secondary N) is 2. The van der Waals surface area contributed by atoms with Gasteiger partial charge in [0.2, 0.25) is 5.82 Å². The lowest BCUT2D eigenvalue weighted by atomic mass is 10.2. The first-order chi connectivity index (χ1) is 10.1. The van der Waals surface area contributed by atoms with Crippen LogP contribution in [0.1, 0.15) is 31.1 Å². The second-order valence-corrected chi connectivity index (χ2v) is 5.09. The smallest absolute Gasteiger partial charge is 0.426 e. The number of hydrogen-bond acceptors (Lipinski definition) is 8. The maximum atomic E-state index is 11.5. The third kappa shape index (κ3) is 4.89. The molecule has 0 aromatic carbocycles. The highest BCUT2D eigenvalue weighted by atomic mass is 16.6. The van der Waals surface area contributed by atoms with Crippen LogP contribution in [-0.4, -0.2) is 34.7 Å². The van der Waals surface area contributed by atoms with E-state index in [9.17, 15) is 19.7 Å². The minimum atomic E-state index is -0.833. The number of esters is 1. The number of nitro groups is 1. The van der Waals surface area contributed by atoms with Crippen LogP contribution in [0.5, 0.6) is 0 Å². The zero-order valence-corrected chi connectivity index (χ0v) is 12.5. The van der Waals surface area contributed by atoms with Gasteiger partial charge in [0.05, 0.1) is 17.6 Å². The van der Waals surface area contributed by atoms with Gasteiger partial charge in [-0.2, -0.15) is 0 Å². The summed E-state index contributed by atoms with van der Waals surface area (Å²) in [6, 6.07) is 0.984. The number of carbonyl (C=O) groups excluding carboxylic acids is 2. The molecule has 0 bridgehead atoms. The van der Waals surface area contributed by atoms with E-state index >= 15 is 0 Å². The summed E-state index contributed by atoms with van der Waals surface area (Å²) in [7, 11) is 1.14. The van der Waals surface area contributed by atoms with Crippen LogP contribution in [0.4, 0.5) is 16.3 Å². The Kier molecular flexibility index (Phi) is 5.22. The van der Waals surface area contributed by atoms with Crippen molar-refractivity contribution >= 4 is 23.6 Å². The first-order valence-electron chi connectivity index (χ1n) is 6.12. The Labute approximate surface area is 125 Å². The maximum absolute atomic E-state index is 11.5. The number of rotatable bonds is 4. The van der Waals surface area contributed by atoms with E-state index < -0.39 is 28.3 Å². The largest absolute Gasteiger partial charge is 0.465 e. The van der Waals surface area contributed by atoms with Crippen LogP contribution in [0.3, 0.4) is 0 Å². The molecule has 0 spiro atoms. The summed E-state index contributed by atoms with van der Waals surface area (Å²) in [6.07, 6.45) is 0.249. The van der Waals surface area contributed by atoms with Gasteiger partial charge >= 0.3 is 17.7 Å². The van der Waals surface area contributed by atoms with Gasteiger partial charge in [0, 0.05) is 12.3 Å². The van der Waals surface area contributed by atoms with E-state index in [0.717, 1.165) is 19.4 Å². The standard InChI is InChI=1S/C12H16N4O6/c1-12(2,3)22-11(18)15-14-9-8(16(19)20)5-7(6-13-9)10(17)21-4/h5-6H,1-4H3,(H,13,14)(H,15,18). The zero-order valence-electron chi connectivity index (χ0n) is 12.5. The van der Waals surface area contributed by atoms with Gasteiger partial charge in [-0.15, -0.1) is 0 Å². The quantitative estimate of drug-likeness (QED) is 0.487. The molecular weight excluding hydrogens is 296 g/mol. The van der Waals surface area contributed by atoms with Crippen LogP contribution >= 0.6 is 0 Å². The van der Waals surface area contributed by atoms with Crippen LogP contribution in [0, 0.1) is 10.1 Å². The molecule has 22 heavy (non-hydrogen) atoms. The zero-order chi connectivity index (χ0) is 16.9. The average molecular weight is 312 g/mol. The van der Waals surface area contributed by atoms with Crippen molar-refractivity contribution in [1.29, 1.82) is 0 Å². The summed E-state index contributed by atoms with van der Waals surface area (Å²) in [5.41, 5.74) is 3.08. The van der Waals surface area contributed by atoms with Crippen LogP contribution in [0.2, 0.25) is 0 Å². The number of ether oxygens (including phenoxy) is 2. The Hall–Kier alpha value is -2.91. The minimum absolute atomic E-state index is 0.0861. The van der Waals surface area contributed by atoms with Gasteiger partial charge in [0.1, 0.15) is 5.60 Å². The number of hydrogen-bond donors (Lipinski definition) is 2. The molecule has 0 aliphatic carbocycles. The van der Waals surface area contributed by atoms with Crippen LogP contribution in [0.15, 0.2) is 12.3 Å². The molecule has 0 fully saturated rings. The molecule has 0 aliphatic heterocycles. The van der Waals surface area contributed by atoms with Crippen molar-refractivity contribution in [2.45, 2.75) is 26.4 Å². The summed E-state index contributed by atoms with van der Waals surface area (Å²) in [5, 5.41) is 11.0. The van der Waals surface area contributed by atoms with Gasteiger partial charge in [-0.1, -0.05) is 0 Å². The van der Waals surface area contributed by atoms with E-state index in [1.54, 1.807) is 20.8 Å². The van der Waals surface area contributed by atoms with E-state index in [4.69, 9.17) is 4.74 Å². The molecule has 0 unspecified atom stereocenters. The number of hydrazine groups is 1. The van der Waals surface area contributed by atoms with E-state index in [-0.39, 0.29) is 11.4 Å². The summed E-state index contributed by atoms with van der Waals surface area (Å²) in [4.78, 5) is 36.7. The number of methoxy groups -OCH3 is 1. The summed E-state index contributed by atoms with van der Waals surface area (Å²) in [5.74, 6) is -1.01. The molecule has 0 aliphatic rings. The number of pyridine rings is 1. The molecule has 1 aromatic rings. The first kappa shape index (κ1) is 17.1. The van der Waals surface area contributed by atoms with Crippen LogP contribution in [-0.2, 0) is 9.47 Å². The predicted molar refractivity (Wildman–Crippen MR) is 75.2 cm³/mol. The van der Waals surface area contributed by atoms with Gasteiger partial charge in [0.15, 0.2) is 0 Å². The normalized spacial score (nSPS) is 10.5. The fourth-order valence-corrected chi connectivity index (χ4v) is 1.33. The topological polar surface area (TPSA) is 133 Å². The van der Waals surface area contributed by atoms with Crippen molar-refractivity contribution in [3.8, 4) is 0 Å². The molecule has 0 atom stereocenters. The molecule has 2 N–H and O–H groups in total. The van der Waals surface area contributed by atoms with Gasteiger partial charge in [-0.25, -0.2) is 20.0 Å². The third-order valence-electron chi connectivity index (χ3n) is 2.17. The molecule has 1 aromatic heterocycles. The van der Waals surface area contributed by atoms with Crippen molar-refractivity contribution in [3.05, 3.63) is 27.9 Å². The number of anilines is 1. The molecule has 1 amide bonds. The molecular formula is C12H16N4O6. The van der Waals surface area contributed by atoms with Crippen LogP contribution in [0.25, 0.3) is 0 Å². The van der Waals surface area contributed by atoms with E-state index in [2.05, 4.69) is 20.6 Å². The molecule has 1 heterocycles. The molecule has 10 heteroatoms. The van der Waals surface area contributed by atoms with Crippen molar-refractivity contribution in [2.24, 2.45) is 0 Å². The fraction of sp³-hybridized carbons (Fsp3) is 0.417. The number of aromatic nitrogens is 1. The van der Waals surface area contributed by atoms with E-state index in [1.165, 1.54) is 0 Å². The Balaban J connectivity index is 2.89. The monoisotopic (exact) mass is 312 g/mol. The Morgan fingerprint density at radius 1 is 1.36 bits per heavy atom. The van der Waals surface area contributed by atoms with Gasteiger partial charge in [-0.3, -0.25) is 15.5 Å². The Morgan fingerprint density at radius 3 is 2.50 bits per heavy atom. The number of amides is 1. The summed E-state index contributed by atoms with van der Waals surface area (Å²) in [6.45, 7) is 5.00. The van der Waals surface area contributed by atoms with Crippen molar-refractivity contribution < 1.29 is 24.0 Å². The highest BCUT2D eigenvalue weighted by Gasteiger charge is 2.21. The Morgan fingerprint density at radius 2 is 2.00 bits per heavy atom. The molecule has 1 rings (SSSR count). The highest BCUT2D eigenvalue weighted by Crippen LogP contribution is 2.22. The van der Waals surface area contributed by atoms with Crippen molar-refractivity contribution in [1.82, 2.24) is 10.4 Å². The number of nitrogens with zero attached hydrogens (tertiary/aromatic N) is 2. The Bertz CT molecular complexity index is 596. The minimum Gasteiger partial charge on any atom is -0.465 e. The molecule has 0 saturated carbocycles. The SMILES string of the molecule is COC(=O)c1cnc(NNC(=O)OC(C)(C)C)c([N+](=O)[O-])c1. The lowest BCUT2D eigenvalue weighted by Gasteiger charge is -2.19. The maximum Gasteiger partial charge on any atom is 0.426 e. The number of carbonyl (C=O) groups is 2. The van der Waals surface area contributed by atoms with Crippen molar-refractivity contribution in [2.75, 3.05) is 12.5 Å². The second-order valence-electron chi connectivity index (χ2n) is 5.09. The first-order valence-corrected chi connectivity index (χ1v) is 6.12. The van der Waals surface area contributed by atoms with Gasteiger partial charge in [0.25, 0.3) is 0 Å². The van der Waals surface area contributed by atoms with E-state index in [1.807, 2.05) is 0 Å². The molecule has 120 valence electrons. The average Bonchev–Trinajstić information content (AvgIpc) is 2.42. The molecule has 0 radical (unpaired) electrons. The summed E-state index contributed by atoms with van der Waals surface area (Å²) >= 11 is 0. The van der Waals surface area contributed by atoms with Crippen LogP contribution < -0.4 is 10.9 Å². The molecule has 10 nitrogen and oxygen atoms in total. The van der Waals surface area contributed by atoms with Gasteiger partial charge < -0.3 is 9.47 Å². The third-order valence-corrected chi connectivity index (χ3v) is 2.17. The summed E-state index contributed by atoms with van der Waals surface area (Å²) < 4.78 is 9.41. The molecule has 0 saturated heterocycles. The van der Waals surface area contributed by atoms with Crippen molar-refractivity contribution in [3.63, 3.8) is 0 Å². The lowest BCUT2D eigenvalue weighted by Crippen LogP contribution is -2.36. The second kappa shape index (κ2) is 6.70. The predicted octanol–water partition coefficient (Wildman–Crippen LogP) is 1.63. The van der Waals surface area contributed by atoms with Gasteiger partial charge in [-0.05, 0) is 20.8 Å². The highest BCUT2D eigenvalue weighted by molar-refractivity contribution is 5.90. The van der Waals surface area contributed by atoms with E-state index in [0.29, 0.717) is 0 Å². The fourth-order valence-electron chi connectivity index (χ4n) is 1.33.